The minimum atomic E-state index is 0. The van der Waals surface area contributed by atoms with E-state index >= 15 is 0 Å². The summed E-state index contributed by atoms with van der Waals surface area (Å²) in [6.45, 7) is 6.60. The van der Waals surface area contributed by atoms with Gasteiger partial charge in [-0.25, -0.2) is 4.98 Å². The molecule has 0 saturated heterocycles. The Hall–Kier alpha value is -1.15. The highest BCUT2D eigenvalue weighted by molar-refractivity contribution is 14.0. The molecule has 0 aliphatic rings. The van der Waals surface area contributed by atoms with Crippen molar-refractivity contribution in [3.63, 3.8) is 0 Å². The standard InChI is InChI=1S/C17H24N4S.HI/c1-4-18-17(19-11-10-16-13-22-14(2)20-16)21(3)12-15-8-6-5-7-9-15;/h5-9,13H,4,10-12H2,1-3H3,(H,18,19);1H. The van der Waals surface area contributed by atoms with Crippen molar-refractivity contribution in [2.24, 2.45) is 4.99 Å². The highest BCUT2D eigenvalue weighted by Crippen LogP contribution is 2.08. The van der Waals surface area contributed by atoms with Crippen LogP contribution in [-0.4, -0.2) is 36.0 Å². The Balaban J connectivity index is 0.00000264. The van der Waals surface area contributed by atoms with Crippen LogP contribution in [0.4, 0.5) is 0 Å². The summed E-state index contributed by atoms with van der Waals surface area (Å²) in [6, 6.07) is 10.4. The van der Waals surface area contributed by atoms with E-state index in [2.05, 4.69) is 58.8 Å². The molecule has 0 amide bonds. The van der Waals surface area contributed by atoms with Crippen LogP contribution in [0, 0.1) is 6.92 Å². The van der Waals surface area contributed by atoms with E-state index in [1.165, 1.54) is 5.56 Å². The summed E-state index contributed by atoms with van der Waals surface area (Å²) in [4.78, 5) is 11.3. The molecule has 0 spiro atoms. The van der Waals surface area contributed by atoms with E-state index in [-0.39, 0.29) is 24.0 Å². The molecule has 0 radical (unpaired) electrons. The molecule has 0 fully saturated rings. The highest BCUT2D eigenvalue weighted by atomic mass is 127. The fraction of sp³-hybridized carbons (Fsp3) is 0.412. The van der Waals surface area contributed by atoms with E-state index in [4.69, 9.17) is 4.99 Å². The summed E-state index contributed by atoms with van der Waals surface area (Å²) in [5.74, 6) is 0.943. The van der Waals surface area contributed by atoms with Gasteiger partial charge in [0, 0.05) is 38.5 Å². The van der Waals surface area contributed by atoms with Crippen molar-refractivity contribution in [3.05, 3.63) is 52.0 Å². The van der Waals surface area contributed by atoms with E-state index in [1.807, 2.05) is 13.0 Å². The quantitative estimate of drug-likeness (QED) is 0.420. The fourth-order valence-corrected chi connectivity index (χ4v) is 2.85. The second kappa shape index (κ2) is 10.6. The zero-order valence-electron chi connectivity index (χ0n) is 14.0. The van der Waals surface area contributed by atoms with Crippen LogP contribution in [0.3, 0.4) is 0 Å². The highest BCUT2D eigenvalue weighted by Gasteiger charge is 2.06. The number of nitrogens with one attached hydrogen (secondary N) is 1. The first-order valence-electron chi connectivity index (χ1n) is 7.63. The molecule has 2 rings (SSSR count). The number of aliphatic imine (C=N–C) groups is 1. The van der Waals surface area contributed by atoms with Crippen LogP contribution < -0.4 is 5.32 Å². The largest absolute Gasteiger partial charge is 0.357 e. The summed E-state index contributed by atoms with van der Waals surface area (Å²) in [6.07, 6.45) is 0.887. The summed E-state index contributed by atoms with van der Waals surface area (Å²) < 4.78 is 0. The van der Waals surface area contributed by atoms with Gasteiger partial charge in [-0.2, -0.15) is 0 Å². The average Bonchev–Trinajstić information content (AvgIpc) is 2.93. The Bertz CT molecular complexity index is 598. The van der Waals surface area contributed by atoms with Gasteiger partial charge in [0.2, 0.25) is 0 Å². The number of aryl methyl sites for hydroxylation is 1. The van der Waals surface area contributed by atoms with Crippen molar-refractivity contribution in [1.29, 1.82) is 0 Å². The van der Waals surface area contributed by atoms with Crippen LogP contribution in [0.2, 0.25) is 0 Å². The molecular weight excluding hydrogens is 419 g/mol. The number of nitrogens with zero attached hydrogens (tertiary/aromatic N) is 3. The van der Waals surface area contributed by atoms with Gasteiger partial charge in [0.25, 0.3) is 0 Å². The first kappa shape index (κ1) is 19.9. The number of thiazole rings is 1. The second-order valence-corrected chi connectivity index (χ2v) is 6.25. The van der Waals surface area contributed by atoms with Gasteiger partial charge in [-0.15, -0.1) is 35.3 Å². The fourth-order valence-electron chi connectivity index (χ4n) is 2.20. The van der Waals surface area contributed by atoms with Crippen LogP contribution in [0.25, 0.3) is 0 Å². The minimum Gasteiger partial charge on any atom is -0.357 e. The zero-order chi connectivity index (χ0) is 15.8. The van der Waals surface area contributed by atoms with Crippen LogP contribution in [0.5, 0.6) is 0 Å². The average molecular weight is 444 g/mol. The third-order valence-electron chi connectivity index (χ3n) is 3.26. The summed E-state index contributed by atoms with van der Waals surface area (Å²) in [7, 11) is 2.07. The van der Waals surface area contributed by atoms with Gasteiger partial charge in [-0.3, -0.25) is 4.99 Å². The lowest BCUT2D eigenvalue weighted by atomic mass is 10.2. The molecule has 6 heteroatoms. The SMILES string of the molecule is CCNC(=NCCc1csc(C)n1)N(C)Cc1ccccc1.I. The lowest BCUT2D eigenvalue weighted by molar-refractivity contribution is 0.477. The molecule has 0 aliphatic carbocycles. The van der Waals surface area contributed by atoms with Gasteiger partial charge < -0.3 is 10.2 Å². The van der Waals surface area contributed by atoms with E-state index in [0.29, 0.717) is 0 Å². The molecule has 0 unspecified atom stereocenters. The molecule has 1 aromatic heterocycles. The van der Waals surface area contributed by atoms with E-state index in [0.717, 1.165) is 42.7 Å². The number of hydrogen-bond donors (Lipinski definition) is 1. The third kappa shape index (κ3) is 6.87. The van der Waals surface area contributed by atoms with Gasteiger partial charge in [0.05, 0.1) is 10.7 Å². The number of guanidine groups is 1. The van der Waals surface area contributed by atoms with Gasteiger partial charge in [0.15, 0.2) is 5.96 Å². The van der Waals surface area contributed by atoms with E-state index in [1.54, 1.807) is 11.3 Å². The van der Waals surface area contributed by atoms with Gasteiger partial charge >= 0.3 is 0 Å². The van der Waals surface area contributed by atoms with Gasteiger partial charge in [-0.05, 0) is 19.4 Å². The Morgan fingerprint density at radius 1 is 1.30 bits per heavy atom. The summed E-state index contributed by atoms with van der Waals surface area (Å²) in [5, 5.41) is 6.59. The lowest BCUT2D eigenvalue weighted by Crippen LogP contribution is -2.38. The van der Waals surface area contributed by atoms with Crippen molar-refractivity contribution in [1.82, 2.24) is 15.2 Å². The van der Waals surface area contributed by atoms with Crippen LogP contribution in [0.15, 0.2) is 40.7 Å². The van der Waals surface area contributed by atoms with Crippen LogP contribution in [0.1, 0.15) is 23.2 Å². The molecule has 0 saturated carbocycles. The number of rotatable bonds is 6. The maximum absolute atomic E-state index is 4.71. The predicted molar refractivity (Wildman–Crippen MR) is 110 cm³/mol. The Kier molecular flexibility index (Phi) is 9.16. The normalized spacial score (nSPS) is 11.0. The van der Waals surface area contributed by atoms with E-state index in [9.17, 15) is 0 Å². The third-order valence-corrected chi connectivity index (χ3v) is 4.08. The topological polar surface area (TPSA) is 40.5 Å². The lowest BCUT2D eigenvalue weighted by Gasteiger charge is -2.22. The molecule has 0 bridgehead atoms. The number of aromatic nitrogens is 1. The second-order valence-electron chi connectivity index (χ2n) is 5.19. The zero-order valence-corrected chi connectivity index (χ0v) is 17.1. The molecule has 23 heavy (non-hydrogen) atoms. The monoisotopic (exact) mass is 444 g/mol. The molecule has 1 N–H and O–H groups in total. The van der Waals surface area contributed by atoms with Crippen LogP contribution >= 0.6 is 35.3 Å². The van der Waals surface area contributed by atoms with Crippen LogP contribution in [-0.2, 0) is 13.0 Å². The Morgan fingerprint density at radius 2 is 2.04 bits per heavy atom. The summed E-state index contributed by atoms with van der Waals surface area (Å²) >= 11 is 1.70. The smallest absolute Gasteiger partial charge is 0.193 e. The van der Waals surface area contributed by atoms with Crippen molar-refractivity contribution in [2.75, 3.05) is 20.1 Å². The molecule has 0 atom stereocenters. The predicted octanol–water partition coefficient (Wildman–Crippen LogP) is 3.71. The molecule has 1 aromatic carbocycles. The molecule has 0 aliphatic heterocycles. The van der Waals surface area contributed by atoms with Crippen molar-refractivity contribution in [3.8, 4) is 0 Å². The first-order valence-corrected chi connectivity index (χ1v) is 8.51. The number of halogens is 1. The maximum atomic E-state index is 4.71. The number of benzene rings is 1. The minimum absolute atomic E-state index is 0. The first-order chi connectivity index (χ1) is 10.7. The van der Waals surface area contributed by atoms with Crippen molar-refractivity contribution < 1.29 is 0 Å². The number of hydrogen-bond acceptors (Lipinski definition) is 3. The Labute approximate surface area is 160 Å². The molecule has 4 nitrogen and oxygen atoms in total. The van der Waals surface area contributed by atoms with Crippen molar-refractivity contribution in [2.45, 2.75) is 26.8 Å². The van der Waals surface area contributed by atoms with Gasteiger partial charge in [0.1, 0.15) is 0 Å². The van der Waals surface area contributed by atoms with E-state index < -0.39 is 0 Å². The molecule has 126 valence electrons. The van der Waals surface area contributed by atoms with Crippen molar-refractivity contribution >= 4 is 41.3 Å². The summed E-state index contributed by atoms with van der Waals surface area (Å²) in [5.41, 5.74) is 2.42. The molecular formula is C17H25IN4S. The Morgan fingerprint density at radius 3 is 2.65 bits per heavy atom. The molecule has 1 heterocycles. The van der Waals surface area contributed by atoms with Gasteiger partial charge in [-0.1, -0.05) is 30.3 Å². The maximum Gasteiger partial charge on any atom is 0.193 e. The molecule has 2 aromatic rings.